The van der Waals surface area contributed by atoms with Crippen LogP contribution in [0.3, 0.4) is 0 Å². The van der Waals surface area contributed by atoms with Crippen molar-refractivity contribution in [3.8, 4) is 5.75 Å². The predicted octanol–water partition coefficient (Wildman–Crippen LogP) is 3.04. The molecule has 2 aromatic rings. The molecule has 1 unspecified atom stereocenters. The Labute approximate surface area is 136 Å². The molecule has 0 bridgehead atoms. The van der Waals surface area contributed by atoms with Crippen molar-refractivity contribution < 1.29 is 9.84 Å². The monoisotopic (exact) mass is 320 g/mol. The first-order chi connectivity index (χ1) is 10.7. The highest BCUT2D eigenvalue weighted by Gasteiger charge is 2.15. The molecule has 1 N–H and O–H groups in total. The van der Waals surface area contributed by atoms with Crippen molar-refractivity contribution in [3.05, 3.63) is 59.9 Å². The van der Waals surface area contributed by atoms with Crippen LogP contribution in [-0.2, 0) is 17.8 Å². The van der Waals surface area contributed by atoms with Crippen LogP contribution in [0.15, 0.2) is 48.7 Å². The Morgan fingerprint density at radius 1 is 1.18 bits per heavy atom. The fourth-order valence-corrected chi connectivity index (χ4v) is 2.49. The van der Waals surface area contributed by atoms with Crippen LogP contribution in [0.5, 0.6) is 5.75 Å². The van der Waals surface area contributed by atoms with E-state index in [4.69, 9.17) is 16.3 Å². The van der Waals surface area contributed by atoms with E-state index in [2.05, 4.69) is 9.88 Å². The number of benzene rings is 1. The fraction of sp³-hybridized carbons (Fsp3) is 0.353. The van der Waals surface area contributed by atoms with E-state index in [1.807, 2.05) is 36.4 Å². The number of phenols is 1. The molecule has 0 amide bonds. The first kappa shape index (κ1) is 16.7. The van der Waals surface area contributed by atoms with E-state index in [1.54, 1.807) is 19.4 Å². The number of hydrogen-bond donors (Lipinski definition) is 1. The number of pyridine rings is 1. The molecule has 5 heteroatoms. The van der Waals surface area contributed by atoms with Crippen molar-refractivity contribution in [1.29, 1.82) is 0 Å². The number of rotatable bonds is 8. The minimum absolute atomic E-state index is 0.0590. The lowest BCUT2D eigenvalue weighted by Gasteiger charge is -2.26. The van der Waals surface area contributed by atoms with E-state index < -0.39 is 0 Å². The van der Waals surface area contributed by atoms with E-state index >= 15 is 0 Å². The predicted molar refractivity (Wildman–Crippen MR) is 88.0 cm³/mol. The van der Waals surface area contributed by atoms with Gasteiger partial charge in [-0.15, -0.1) is 11.6 Å². The Bertz CT molecular complexity index is 562. The number of methoxy groups -OCH3 is 1. The van der Waals surface area contributed by atoms with Crippen molar-refractivity contribution in [2.45, 2.75) is 19.2 Å². The minimum Gasteiger partial charge on any atom is -0.508 e. The zero-order chi connectivity index (χ0) is 15.8. The molecule has 4 nitrogen and oxygen atoms in total. The molecule has 1 atom stereocenters. The number of phenolic OH excluding ortho intramolecular Hbond substituents is 1. The Morgan fingerprint density at radius 2 is 1.95 bits per heavy atom. The number of aromatic hydroxyl groups is 1. The molecule has 0 saturated carbocycles. The van der Waals surface area contributed by atoms with Gasteiger partial charge in [-0.25, -0.2) is 0 Å². The Balaban J connectivity index is 2.12. The summed E-state index contributed by atoms with van der Waals surface area (Å²) < 4.78 is 5.38. The summed E-state index contributed by atoms with van der Waals surface area (Å²) in [6.45, 7) is 1.96. The van der Waals surface area contributed by atoms with E-state index in [9.17, 15) is 5.11 Å². The Hall–Kier alpha value is -1.62. The molecule has 1 heterocycles. The van der Waals surface area contributed by atoms with Crippen molar-refractivity contribution in [2.75, 3.05) is 19.5 Å². The lowest BCUT2D eigenvalue weighted by molar-refractivity contribution is 0.0729. The van der Waals surface area contributed by atoms with Gasteiger partial charge in [-0.3, -0.25) is 9.88 Å². The minimum atomic E-state index is -0.0590. The molecule has 118 valence electrons. The standard InChI is InChI=1S/C17H21ClN2O2/c1-22-16(10-18)13-20(12-15-7-4-5-9-19-15)11-14-6-2-3-8-17(14)21/h2-9,16,21H,10-13H2,1H3. The highest BCUT2D eigenvalue weighted by atomic mass is 35.5. The van der Waals surface area contributed by atoms with Crippen LogP contribution in [-0.4, -0.2) is 40.6 Å². The Kier molecular flexibility index (Phi) is 6.65. The number of alkyl halides is 1. The van der Waals surface area contributed by atoms with E-state index in [0.717, 1.165) is 11.3 Å². The molecule has 0 aliphatic carbocycles. The van der Waals surface area contributed by atoms with Gasteiger partial charge in [-0.1, -0.05) is 24.3 Å². The van der Waals surface area contributed by atoms with Crippen molar-refractivity contribution >= 4 is 11.6 Å². The molecule has 2 rings (SSSR count). The maximum Gasteiger partial charge on any atom is 0.120 e. The summed E-state index contributed by atoms with van der Waals surface area (Å²) in [7, 11) is 1.66. The molecule has 0 saturated heterocycles. The van der Waals surface area contributed by atoms with Gasteiger partial charge in [0.1, 0.15) is 5.75 Å². The summed E-state index contributed by atoms with van der Waals surface area (Å²) in [6.07, 6.45) is 1.72. The van der Waals surface area contributed by atoms with Crippen LogP contribution < -0.4 is 0 Å². The Morgan fingerprint density at radius 3 is 2.59 bits per heavy atom. The second-order valence-corrected chi connectivity index (χ2v) is 5.44. The summed E-state index contributed by atoms with van der Waals surface area (Å²) in [5, 5.41) is 9.97. The summed E-state index contributed by atoms with van der Waals surface area (Å²) in [4.78, 5) is 6.54. The molecule has 1 aromatic carbocycles. The lowest BCUT2D eigenvalue weighted by atomic mass is 10.1. The van der Waals surface area contributed by atoms with Crippen LogP contribution in [0.2, 0.25) is 0 Å². The maximum absolute atomic E-state index is 9.97. The van der Waals surface area contributed by atoms with E-state index in [1.165, 1.54) is 0 Å². The van der Waals surface area contributed by atoms with Gasteiger partial charge in [0, 0.05) is 44.4 Å². The highest BCUT2D eigenvalue weighted by molar-refractivity contribution is 6.18. The molecule has 0 fully saturated rings. The van der Waals surface area contributed by atoms with Gasteiger partial charge in [0.05, 0.1) is 11.8 Å². The van der Waals surface area contributed by atoms with E-state index in [0.29, 0.717) is 31.3 Å². The van der Waals surface area contributed by atoms with Crippen LogP contribution in [0.4, 0.5) is 0 Å². The number of ether oxygens (including phenoxy) is 1. The van der Waals surface area contributed by atoms with Crippen LogP contribution in [0.1, 0.15) is 11.3 Å². The quantitative estimate of drug-likeness (QED) is 0.759. The summed E-state index contributed by atoms with van der Waals surface area (Å²) in [5.74, 6) is 0.726. The zero-order valence-corrected chi connectivity index (χ0v) is 13.4. The summed E-state index contributed by atoms with van der Waals surface area (Å²) >= 11 is 5.93. The third-order valence-electron chi connectivity index (χ3n) is 3.46. The van der Waals surface area contributed by atoms with Gasteiger partial charge in [0.2, 0.25) is 0 Å². The van der Waals surface area contributed by atoms with Gasteiger partial charge in [-0.05, 0) is 18.2 Å². The van der Waals surface area contributed by atoms with Gasteiger partial charge < -0.3 is 9.84 Å². The number of halogens is 1. The smallest absolute Gasteiger partial charge is 0.120 e. The molecule has 22 heavy (non-hydrogen) atoms. The molecule has 1 aromatic heterocycles. The van der Waals surface area contributed by atoms with Crippen LogP contribution in [0, 0.1) is 0 Å². The lowest BCUT2D eigenvalue weighted by Crippen LogP contribution is -2.34. The first-order valence-corrected chi connectivity index (χ1v) is 7.74. The maximum atomic E-state index is 9.97. The second-order valence-electron chi connectivity index (χ2n) is 5.13. The number of aromatic nitrogens is 1. The topological polar surface area (TPSA) is 45.6 Å². The molecule has 0 aliphatic rings. The molecular formula is C17H21ClN2O2. The third-order valence-corrected chi connectivity index (χ3v) is 3.81. The number of hydrogen-bond acceptors (Lipinski definition) is 4. The average Bonchev–Trinajstić information content (AvgIpc) is 2.55. The normalized spacial score (nSPS) is 12.5. The molecule has 0 spiro atoms. The van der Waals surface area contributed by atoms with E-state index in [-0.39, 0.29) is 6.10 Å². The molecular weight excluding hydrogens is 300 g/mol. The third kappa shape index (κ3) is 4.98. The number of para-hydroxylation sites is 1. The average molecular weight is 321 g/mol. The molecule has 0 aliphatic heterocycles. The summed E-state index contributed by atoms with van der Waals surface area (Å²) in [5.41, 5.74) is 1.85. The van der Waals surface area contributed by atoms with Crippen molar-refractivity contribution in [1.82, 2.24) is 9.88 Å². The SMILES string of the molecule is COC(CCl)CN(Cc1ccccn1)Cc1ccccc1O. The number of nitrogens with zero attached hydrogens (tertiary/aromatic N) is 2. The van der Waals surface area contributed by atoms with Gasteiger partial charge in [0.15, 0.2) is 0 Å². The van der Waals surface area contributed by atoms with Gasteiger partial charge in [0.25, 0.3) is 0 Å². The molecule has 0 radical (unpaired) electrons. The largest absolute Gasteiger partial charge is 0.508 e. The van der Waals surface area contributed by atoms with Crippen LogP contribution >= 0.6 is 11.6 Å². The van der Waals surface area contributed by atoms with Gasteiger partial charge in [-0.2, -0.15) is 0 Å². The first-order valence-electron chi connectivity index (χ1n) is 7.20. The fourth-order valence-electron chi connectivity index (χ4n) is 2.27. The second kappa shape index (κ2) is 8.73. The summed E-state index contributed by atoms with van der Waals surface area (Å²) in [6, 6.07) is 13.2. The highest BCUT2D eigenvalue weighted by Crippen LogP contribution is 2.19. The van der Waals surface area contributed by atoms with Crippen molar-refractivity contribution in [3.63, 3.8) is 0 Å². The van der Waals surface area contributed by atoms with Gasteiger partial charge >= 0.3 is 0 Å². The zero-order valence-electron chi connectivity index (χ0n) is 12.7. The van der Waals surface area contributed by atoms with Crippen LogP contribution in [0.25, 0.3) is 0 Å². The van der Waals surface area contributed by atoms with Crippen molar-refractivity contribution in [2.24, 2.45) is 0 Å².